The summed E-state index contributed by atoms with van der Waals surface area (Å²) in [7, 11) is 1.79. The summed E-state index contributed by atoms with van der Waals surface area (Å²) in [6.45, 7) is 8.99. The molecule has 2 rings (SSSR count). The van der Waals surface area contributed by atoms with Crippen LogP contribution in [0.5, 0.6) is 5.75 Å². The maximum absolute atomic E-state index is 5.90. The fourth-order valence-corrected chi connectivity index (χ4v) is 2.83. The number of aliphatic imine (C=N–C) groups is 1. The van der Waals surface area contributed by atoms with Crippen LogP contribution < -0.4 is 15.4 Å². The van der Waals surface area contributed by atoms with Crippen LogP contribution in [-0.4, -0.2) is 52.6 Å². The summed E-state index contributed by atoms with van der Waals surface area (Å²) in [5, 5.41) is 6.74. The molecule has 0 amide bonds. The number of benzene rings is 1. The van der Waals surface area contributed by atoms with Gasteiger partial charge in [-0.2, -0.15) is 0 Å². The van der Waals surface area contributed by atoms with E-state index in [4.69, 9.17) is 14.2 Å². The lowest BCUT2D eigenvalue weighted by molar-refractivity contribution is 0.110. The Hall–Kier alpha value is -1.32. The molecule has 1 aromatic carbocycles. The molecule has 0 fully saturated rings. The van der Waals surface area contributed by atoms with Gasteiger partial charge in [0.15, 0.2) is 5.96 Å². The number of ether oxygens (including phenoxy) is 3. The summed E-state index contributed by atoms with van der Waals surface area (Å²) in [5.74, 6) is 1.69. The molecule has 6 nitrogen and oxygen atoms in total. The van der Waals surface area contributed by atoms with Crippen molar-refractivity contribution in [3.63, 3.8) is 0 Å². The molecule has 0 radical (unpaired) electrons. The van der Waals surface area contributed by atoms with E-state index in [0.717, 1.165) is 49.9 Å². The topological polar surface area (TPSA) is 64.1 Å². The molecule has 0 atom stereocenters. The molecule has 158 valence electrons. The number of rotatable bonds is 10. The summed E-state index contributed by atoms with van der Waals surface area (Å²) >= 11 is 0. The predicted molar refractivity (Wildman–Crippen MR) is 125 cm³/mol. The molecule has 2 N–H and O–H groups in total. The van der Waals surface area contributed by atoms with Crippen molar-refractivity contribution in [1.82, 2.24) is 10.6 Å². The first-order chi connectivity index (χ1) is 13.2. The molecule has 0 saturated carbocycles. The fourth-order valence-electron chi connectivity index (χ4n) is 2.83. The van der Waals surface area contributed by atoms with Crippen molar-refractivity contribution < 1.29 is 14.2 Å². The molecular weight excluding hydrogens is 469 g/mol. The zero-order chi connectivity index (χ0) is 19.3. The van der Waals surface area contributed by atoms with Gasteiger partial charge in [0.1, 0.15) is 12.4 Å². The van der Waals surface area contributed by atoms with Crippen molar-refractivity contribution in [3.8, 4) is 5.75 Å². The van der Waals surface area contributed by atoms with Gasteiger partial charge in [0.2, 0.25) is 0 Å². The maximum Gasteiger partial charge on any atom is 0.191 e. The molecule has 1 heterocycles. The minimum atomic E-state index is 0. The monoisotopic (exact) mass is 503 g/mol. The molecule has 0 bridgehead atoms. The number of halogens is 1. The van der Waals surface area contributed by atoms with Gasteiger partial charge in [0.25, 0.3) is 0 Å². The number of hydrogen-bond acceptors (Lipinski definition) is 4. The number of nitrogens with one attached hydrogen (secondary N) is 2. The highest BCUT2D eigenvalue weighted by Gasteiger charge is 2.07. The van der Waals surface area contributed by atoms with Crippen molar-refractivity contribution in [2.24, 2.45) is 4.99 Å². The predicted octanol–water partition coefficient (Wildman–Crippen LogP) is 3.43. The minimum Gasteiger partial charge on any atom is -0.491 e. The molecule has 1 aromatic rings. The standard InChI is InChI=1S/C21H33N3O3.HI/c1-4-25-13-14-27-20-15-17(2)5-6-19(20)16-24-21(22-3)23-10-7-18-8-11-26-12-9-18;/h5-6,8,15H,4,7,9-14,16H2,1-3H3,(H2,22,23,24);1H. The first-order valence-corrected chi connectivity index (χ1v) is 9.73. The molecule has 0 unspecified atom stereocenters. The van der Waals surface area contributed by atoms with E-state index in [1.807, 2.05) is 6.92 Å². The average molecular weight is 503 g/mol. The van der Waals surface area contributed by atoms with Crippen LogP contribution in [0.25, 0.3) is 0 Å². The van der Waals surface area contributed by atoms with Crippen LogP contribution in [0.1, 0.15) is 30.9 Å². The van der Waals surface area contributed by atoms with Crippen LogP contribution in [0, 0.1) is 6.92 Å². The number of aryl methyl sites for hydroxylation is 1. The Kier molecular flexibility index (Phi) is 12.9. The van der Waals surface area contributed by atoms with Gasteiger partial charge in [-0.1, -0.05) is 23.8 Å². The third kappa shape index (κ3) is 9.25. The van der Waals surface area contributed by atoms with Crippen molar-refractivity contribution in [3.05, 3.63) is 41.0 Å². The summed E-state index contributed by atoms with van der Waals surface area (Å²) in [6, 6.07) is 6.26. The van der Waals surface area contributed by atoms with Crippen LogP contribution in [0.2, 0.25) is 0 Å². The van der Waals surface area contributed by atoms with Gasteiger partial charge in [0, 0.05) is 32.3 Å². The first-order valence-electron chi connectivity index (χ1n) is 9.73. The van der Waals surface area contributed by atoms with E-state index in [9.17, 15) is 0 Å². The molecule has 0 saturated heterocycles. The first kappa shape index (κ1) is 24.7. The summed E-state index contributed by atoms with van der Waals surface area (Å²) in [4.78, 5) is 4.31. The van der Waals surface area contributed by atoms with Crippen LogP contribution in [0.4, 0.5) is 0 Å². The Labute approximate surface area is 186 Å². The van der Waals surface area contributed by atoms with E-state index in [1.54, 1.807) is 7.05 Å². The Morgan fingerprint density at radius 2 is 2.11 bits per heavy atom. The summed E-state index contributed by atoms with van der Waals surface area (Å²) in [5.41, 5.74) is 3.73. The highest BCUT2D eigenvalue weighted by molar-refractivity contribution is 14.0. The Morgan fingerprint density at radius 1 is 1.25 bits per heavy atom. The number of hydrogen-bond donors (Lipinski definition) is 2. The maximum atomic E-state index is 5.90. The lowest BCUT2D eigenvalue weighted by Gasteiger charge is -2.17. The fraction of sp³-hybridized carbons (Fsp3) is 0.571. The summed E-state index contributed by atoms with van der Waals surface area (Å²) in [6.07, 6.45) is 4.22. The van der Waals surface area contributed by atoms with Crippen molar-refractivity contribution in [1.29, 1.82) is 0 Å². The van der Waals surface area contributed by atoms with Gasteiger partial charge in [-0.15, -0.1) is 24.0 Å². The van der Waals surface area contributed by atoms with Gasteiger partial charge in [-0.3, -0.25) is 4.99 Å². The van der Waals surface area contributed by atoms with E-state index in [0.29, 0.717) is 26.4 Å². The van der Waals surface area contributed by atoms with E-state index in [1.165, 1.54) is 11.1 Å². The second-order valence-corrected chi connectivity index (χ2v) is 6.45. The molecule has 28 heavy (non-hydrogen) atoms. The zero-order valence-corrected chi connectivity index (χ0v) is 19.6. The van der Waals surface area contributed by atoms with Gasteiger partial charge < -0.3 is 24.8 Å². The average Bonchev–Trinajstić information content (AvgIpc) is 2.69. The number of nitrogens with zero attached hydrogens (tertiary/aromatic N) is 1. The lowest BCUT2D eigenvalue weighted by Crippen LogP contribution is -2.37. The Balaban J connectivity index is 0.00000392. The second kappa shape index (κ2) is 14.6. The molecule has 0 spiro atoms. The van der Waals surface area contributed by atoms with Crippen LogP contribution in [0.15, 0.2) is 34.8 Å². The van der Waals surface area contributed by atoms with Crippen LogP contribution >= 0.6 is 24.0 Å². The molecule has 0 aliphatic carbocycles. The van der Waals surface area contributed by atoms with E-state index in [-0.39, 0.29) is 24.0 Å². The van der Waals surface area contributed by atoms with Gasteiger partial charge in [-0.25, -0.2) is 0 Å². The highest BCUT2D eigenvalue weighted by atomic mass is 127. The summed E-state index contributed by atoms with van der Waals surface area (Å²) < 4.78 is 16.6. The Morgan fingerprint density at radius 3 is 2.82 bits per heavy atom. The van der Waals surface area contributed by atoms with Crippen molar-refractivity contribution in [2.45, 2.75) is 33.2 Å². The smallest absolute Gasteiger partial charge is 0.191 e. The van der Waals surface area contributed by atoms with E-state index >= 15 is 0 Å². The SMILES string of the molecule is CCOCCOc1cc(C)ccc1CNC(=NC)NCCC1=CCOCC1.I. The third-order valence-corrected chi connectivity index (χ3v) is 4.38. The van der Waals surface area contributed by atoms with Crippen LogP contribution in [-0.2, 0) is 16.0 Å². The van der Waals surface area contributed by atoms with Crippen molar-refractivity contribution >= 4 is 29.9 Å². The molecule has 7 heteroatoms. The normalized spacial score (nSPS) is 14.1. The van der Waals surface area contributed by atoms with Crippen molar-refractivity contribution in [2.75, 3.05) is 46.6 Å². The quantitative estimate of drug-likeness (QED) is 0.169. The zero-order valence-electron chi connectivity index (χ0n) is 17.3. The van der Waals surface area contributed by atoms with Gasteiger partial charge >= 0.3 is 0 Å². The van der Waals surface area contributed by atoms with Gasteiger partial charge in [0.05, 0.1) is 19.8 Å². The molecule has 1 aliphatic heterocycles. The Bertz CT molecular complexity index is 635. The third-order valence-electron chi connectivity index (χ3n) is 4.38. The highest BCUT2D eigenvalue weighted by Crippen LogP contribution is 2.20. The second-order valence-electron chi connectivity index (χ2n) is 6.45. The molecule has 1 aliphatic rings. The molecular formula is C21H34IN3O3. The lowest BCUT2D eigenvalue weighted by atomic mass is 10.1. The number of guanidine groups is 1. The van der Waals surface area contributed by atoms with Crippen LogP contribution in [0.3, 0.4) is 0 Å². The largest absolute Gasteiger partial charge is 0.491 e. The van der Waals surface area contributed by atoms with E-state index < -0.39 is 0 Å². The molecule has 0 aromatic heterocycles. The minimum absolute atomic E-state index is 0. The van der Waals surface area contributed by atoms with Gasteiger partial charge in [-0.05, 0) is 38.3 Å². The van der Waals surface area contributed by atoms with E-state index in [2.05, 4.69) is 46.8 Å².